The maximum Gasteiger partial charge on any atom is 0.269 e. The molecule has 2 amide bonds. The first-order valence-corrected chi connectivity index (χ1v) is 11.9. The van der Waals surface area contributed by atoms with Crippen LogP contribution in [-0.2, 0) is 17.6 Å². The van der Waals surface area contributed by atoms with E-state index in [4.69, 9.17) is 4.74 Å². The summed E-state index contributed by atoms with van der Waals surface area (Å²) in [6.45, 7) is 4.16. The average molecular weight is 457 g/mol. The largest absolute Gasteiger partial charge is 0.497 e. The first kappa shape index (κ1) is 21.6. The van der Waals surface area contributed by atoms with Crippen LogP contribution < -0.4 is 15.6 Å². The van der Waals surface area contributed by atoms with E-state index < -0.39 is 0 Å². The number of aryl methyl sites for hydroxylation is 2. The molecule has 2 N–H and O–H groups in total. The molecule has 4 rings (SSSR count). The zero-order valence-corrected chi connectivity index (χ0v) is 19.3. The molecule has 9 heteroatoms. The predicted octanol–water partition coefficient (Wildman–Crippen LogP) is 3.69. The minimum atomic E-state index is -0.387. The van der Waals surface area contributed by atoms with Gasteiger partial charge in [-0.1, -0.05) is 18.7 Å². The van der Waals surface area contributed by atoms with Crippen molar-refractivity contribution in [3.8, 4) is 5.75 Å². The van der Waals surface area contributed by atoms with Crippen LogP contribution in [0.4, 0.5) is 0 Å². The van der Waals surface area contributed by atoms with Crippen LogP contribution in [0.2, 0.25) is 0 Å². The van der Waals surface area contributed by atoms with Crippen molar-refractivity contribution in [3.05, 3.63) is 46.1 Å². The number of ether oxygens (including phenoxy) is 1. The van der Waals surface area contributed by atoms with Gasteiger partial charge in [-0.3, -0.25) is 20.4 Å². The Morgan fingerprint density at radius 3 is 2.74 bits per heavy atom. The van der Waals surface area contributed by atoms with Crippen LogP contribution in [0, 0.1) is 12.8 Å². The zero-order valence-electron chi connectivity index (χ0n) is 17.7. The predicted molar refractivity (Wildman–Crippen MR) is 123 cm³/mol. The van der Waals surface area contributed by atoms with E-state index in [1.54, 1.807) is 42.7 Å². The molecule has 0 bridgehead atoms. The number of nitrogens with one attached hydrogen (secondary N) is 2. The first-order valence-electron chi connectivity index (χ1n) is 10.1. The van der Waals surface area contributed by atoms with Crippen LogP contribution in [0.5, 0.6) is 5.75 Å². The number of thiophene rings is 1. The second-order valence-corrected chi connectivity index (χ2v) is 9.68. The summed E-state index contributed by atoms with van der Waals surface area (Å²) in [7, 11) is 1.56. The second kappa shape index (κ2) is 9.23. The number of hydrogen-bond acceptors (Lipinski definition) is 7. The van der Waals surface area contributed by atoms with Crippen molar-refractivity contribution in [1.29, 1.82) is 0 Å². The summed E-state index contributed by atoms with van der Waals surface area (Å²) in [6.07, 6.45) is 3.27. The van der Waals surface area contributed by atoms with E-state index in [1.807, 2.05) is 6.92 Å². The summed E-state index contributed by atoms with van der Waals surface area (Å²) in [6, 6.07) is 6.65. The normalized spacial score (nSPS) is 15.4. The van der Waals surface area contributed by atoms with Gasteiger partial charge in [0.05, 0.1) is 12.9 Å². The highest BCUT2D eigenvalue weighted by molar-refractivity contribution is 8.00. The van der Waals surface area contributed by atoms with Crippen LogP contribution >= 0.6 is 23.1 Å². The Morgan fingerprint density at radius 2 is 2.00 bits per heavy atom. The summed E-state index contributed by atoms with van der Waals surface area (Å²) in [5.74, 6) is 1.51. The molecular formula is C22H24N4O3S2. The summed E-state index contributed by atoms with van der Waals surface area (Å²) in [5.41, 5.74) is 6.69. The Labute approximate surface area is 189 Å². The number of thioether (sulfide) groups is 1. The fourth-order valence-electron chi connectivity index (χ4n) is 3.63. The van der Waals surface area contributed by atoms with Gasteiger partial charge in [0.25, 0.3) is 5.91 Å². The number of amides is 2. The lowest BCUT2D eigenvalue weighted by molar-refractivity contribution is -0.119. The highest BCUT2D eigenvalue weighted by atomic mass is 32.2. The summed E-state index contributed by atoms with van der Waals surface area (Å²) >= 11 is 3.13. The standard InChI is InChI=1S/C22H24N4O3S2/c1-12-4-9-16-17(10-12)31-22-19(16)21(23-13(2)24-22)30-11-18(27)25-26-20(28)14-5-7-15(29-3)8-6-14/h5-8,12H,4,9-11H2,1-3H3,(H,25,27)(H,26,28). The van der Waals surface area contributed by atoms with E-state index in [2.05, 4.69) is 27.7 Å². The van der Waals surface area contributed by atoms with E-state index >= 15 is 0 Å². The Balaban J connectivity index is 1.40. The number of benzene rings is 1. The highest BCUT2D eigenvalue weighted by Gasteiger charge is 2.24. The molecule has 31 heavy (non-hydrogen) atoms. The van der Waals surface area contributed by atoms with Crippen molar-refractivity contribution in [3.63, 3.8) is 0 Å². The summed E-state index contributed by atoms with van der Waals surface area (Å²) in [4.78, 5) is 36.2. The fraction of sp³-hybridized carbons (Fsp3) is 0.364. The second-order valence-electron chi connectivity index (χ2n) is 7.63. The molecule has 0 fully saturated rings. The molecule has 1 aromatic carbocycles. The molecule has 0 aliphatic heterocycles. The lowest BCUT2D eigenvalue weighted by Gasteiger charge is -2.18. The van der Waals surface area contributed by atoms with Crippen LogP contribution in [0.15, 0.2) is 29.3 Å². The number of fused-ring (bicyclic) bond motifs is 3. The molecule has 1 aliphatic rings. The van der Waals surface area contributed by atoms with Crippen molar-refractivity contribution in [2.75, 3.05) is 12.9 Å². The van der Waals surface area contributed by atoms with Gasteiger partial charge in [-0.25, -0.2) is 9.97 Å². The number of carbonyl (C=O) groups excluding carboxylic acids is 2. The lowest BCUT2D eigenvalue weighted by Crippen LogP contribution is -2.42. The maximum atomic E-state index is 12.3. The topological polar surface area (TPSA) is 93.2 Å². The van der Waals surface area contributed by atoms with Gasteiger partial charge in [0.1, 0.15) is 21.4 Å². The first-order chi connectivity index (χ1) is 14.9. The van der Waals surface area contributed by atoms with E-state index in [0.29, 0.717) is 23.1 Å². The Morgan fingerprint density at radius 1 is 1.23 bits per heavy atom. The quantitative estimate of drug-likeness (QED) is 0.346. The number of methoxy groups -OCH3 is 1. The lowest BCUT2D eigenvalue weighted by atomic mass is 9.89. The van der Waals surface area contributed by atoms with Gasteiger partial charge in [0, 0.05) is 15.8 Å². The Bertz CT molecular complexity index is 1130. The molecule has 2 aromatic heterocycles. The molecule has 0 radical (unpaired) electrons. The molecule has 0 spiro atoms. The molecule has 162 valence electrons. The highest BCUT2D eigenvalue weighted by Crippen LogP contribution is 2.40. The molecular weight excluding hydrogens is 432 g/mol. The summed E-state index contributed by atoms with van der Waals surface area (Å²) < 4.78 is 5.08. The smallest absolute Gasteiger partial charge is 0.269 e. The van der Waals surface area contributed by atoms with E-state index in [1.165, 1.54) is 22.2 Å². The van der Waals surface area contributed by atoms with Crippen LogP contribution in [0.3, 0.4) is 0 Å². The fourth-order valence-corrected chi connectivity index (χ4v) is 6.02. The van der Waals surface area contributed by atoms with E-state index in [-0.39, 0.29) is 17.6 Å². The maximum absolute atomic E-state index is 12.3. The number of rotatable bonds is 5. The van der Waals surface area contributed by atoms with Crippen LogP contribution in [-0.4, -0.2) is 34.6 Å². The Hall–Kier alpha value is -2.65. The third-order valence-electron chi connectivity index (χ3n) is 5.24. The van der Waals surface area contributed by atoms with Crippen molar-refractivity contribution in [2.45, 2.75) is 38.1 Å². The molecule has 7 nitrogen and oxygen atoms in total. The number of carbonyl (C=O) groups is 2. The van der Waals surface area contributed by atoms with E-state index in [0.717, 1.165) is 34.5 Å². The van der Waals surface area contributed by atoms with Gasteiger partial charge in [-0.15, -0.1) is 11.3 Å². The zero-order chi connectivity index (χ0) is 22.0. The van der Waals surface area contributed by atoms with Gasteiger partial charge in [-0.2, -0.15) is 0 Å². The molecule has 1 unspecified atom stereocenters. The van der Waals surface area contributed by atoms with Gasteiger partial charge in [0.2, 0.25) is 5.91 Å². The molecule has 1 aliphatic carbocycles. The number of hydrogen-bond donors (Lipinski definition) is 2. The SMILES string of the molecule is COc1ccc(C(=O)NNC(=O)CSc2nc(C)nc3sc4c(c23)CCC(C)C4)cc1. The van der Waals surface area contributed by atoms with Gasteiger partial charge in [-0.05, 0) is 61.9 Å². The van der Waals surface area contributed by atoms with Crippen molar-refractivity contribution in [2.24, 2.45) is 5.92 Å². The monoisotopic (exact) mass is 456 g/mol. The molecule has 3 aromatic rings. The van der Waals surface area contributed by atoms with Crippen molar-refractivity contribution in [1.82, 2.24) is 20.8 Å². The van der Waals surface area contributed by atoms with Crippen LogP contribution in [0.1, 0.15) is 40.0 Å². The molecule has 1 atom stereocenters. The average Bonchev–Trinajstić information content (AvgIpc) is 3.12. The van der Waals surface area contributed by atoms with E-state index in [9.17, 15) is 9.59 Å². The molecule has 0 saturated carbocycles. The number of nitrogens with zero attached hydrogens (tertiary/aromatic N) is 2. The minimum absolute atomic E-state index is 0.148. The third-order valence-corrected chi connectivity index (χ3v) is 7.36. The van der Waals surface area contributed by atoms with Crippen LogP contribution in [0.25, 0.3) is 10.2 Å². The Kier molecular flexibility index (Phi) is 6.43. The van der Waals surface area contributed by atoms with Gasteiger partial charge < -0.3 is 4.74 Å². The van der Waals surface area contributed by atoms with Gasteiger partial charge >= 0.3 is 0 Å². The minimum Gasteiger partial charge on any atom is -0.497 e. The van der Waals surface area contributed by atoms with Crippen molar-refractivity contribution < 1.29 is 14.3 Å². The molecule has 0 saturated heterocycles. The summed E-state index contributed by atoms with van der Waals surface area (Å²) in [5, 5.41) is 1.93. The number of hydrazine groups is 1. The molecule has 2 heterocycles. The third kappa shape index (κ3) is 4.83. The van der Waals surface area contributed by atoms with Gasteiger partial charge in [0.15, 0.2) is 0 Å². The van der Waals surface area contributed by atoms with Crippen molar-refractivity contribution >= 4 is 45.1 Å². The number of aromatic nitrogens is 2.